The minimum absolute atomic E-state index is 0.110. The third kappa shape index (κ3) is 7.22. The van der Waals surface area contributed by atoms with E-state index in [1.54, 1.807) is 6.08 Å². The molecule has 0 bridgehead atoms. The summed E-state index contributed by atoms with van der Waals surface area (Å²) in [6.45, 7) is 11.1. The lowest BCUT2D eigenvalue weighted by Crippen LogP contribution is -2.59. The molecule has 5 N–H and O–H groups in total. The first kappa shape index (κ1) is 31.6. The predicted octanol–water partition coefficient (Wildman–Crippen LogP) is 1.27. The average Bonchev–Trinajstić information content (AvgIpc) is 3.81. The fourth-order valence-corrected chi connectivity index (χ4v) is 6.96. The number of carbonyl (C=O) groups excluding carboxylic acids is 3. The van der Waals surface area contributed by atoms with Crippen molar-refractivity contribution in [2.24, 2.45) is 17.8 Å². The molecule has 4 unspecified atom stereocenters. The number of amides is 4. The number of hydrogen-bond donors (Lipinski definition) is 5. The molecule has 0 aromatic rings. The van der Waals surface area contributed by atoms with Gasteiger partial charge in [-0.15, -0.1) is 13.2 Å². The summed E-state index contributed by atoms with van der Waals surface area (Å²) in [7, 11) is -3.86. The van der Waals surface area contributed by atoms with Crippen LogP contribution in [0.2, 0.25) is 0 Å². The van der Waals surface area contributed by atoms with Crippen molar-refractivity contribution < 1.29 is 37.8 Å². The van der Waals surface area contributed by atoms with Crippen molar-refractivity contribution >= 4 is 33.8 Å². The molecule has 0 aromatic heterocycles. The number of carboxylic acid groups (broad SMARTS) is 1. The van der Waals surface area contributed by atoms with Gasteiger partial charge in [0, 0.05) is 18.9 Å². The number of rotatable bonds is 15. The van der Waals surface area contributed by atoms with Crippen molar-refractivity contribution in [3.05, 3.63) is 25.3 Å². The highest BCUT2D eigenvalue weighted by Gasteiger charge is 2.62. The smallest absolute Gasteiger partial charge is 0.405 e. The van der Waals surface area contributed by atoms with Gasteiger partial charge in [0.15, 0.2) is 0 Å². The lowest BCUT2D eigenvalue weighted by molar-refractivity contribution is -0.142. The number of β-amino-alcohol motifs (C(OH)–C–C–N with tert-alkyl or cyclic N) is 1. The van der Waals surface area contributed by atoms with E-state index in [-0.39, 0.29) is 31.2 Å². The van der Waals surface area contributed by atoms with Gasteiger partial charge in [0.2, 0.25) is 21.8 Å². The fourth-order valence-electron chi connectivity index (χ4n) is 5.59. The van der Waals surface area contributed by atoms with Gasteiger partial charge in [-0.2, -0.15) is 0 Å². The lowest BCUT2D eigenvalue weighted by Gasteiger charge is -2.33. The Morgan fingerprint density at radius 3 is 2.40 bits per heavy atom. The van der Waals surface area contributed by atoms with Crippen LogP contribution in [0.3, 0.4) is 0 Å². The highest BCUT2D eigenvalue weighted by atomic mass is 32.2. The molecule has 2 saturated carbocycles. The van der Waals surface area contributed by atoms with E-state index in [0.717, 1.165) is 17.7 Å². The SMILES string of the molecule is C=CCCC(C)C[C@@H](CC)[C@H](NC(=O)O)C(=O)N1C[C@@H](O)CC1C(=O)NC1(C(=O)NS(=O)(=O)C2CC2)CC1C=C. The summed E-state index contributed by atoms with van der Waals surface area (Å²) in [6.07, 6.45) is 4.47. The van der Waals surface area contributed by atoms with E-state index in [0.29, 0.717) is 25.7 Å². The number of nitrogens with zero attached hydrogens (tertiary/aromatic N) is 1. The van der Waals surface area contributed by atoms with Crippen LogP contribution in [0.25, 0.3) is 0 Å². The fraction of sp³-hybridized carbons (Fsp3) is 0.704. The number of carbonyl (C=O) groups is 4. The monoisotopic (exact) mass is 582 g/mol. The molecular weight excluding hydrogens is 540 g/mol. The second kappa shape index (κ2) is 12.7. The second-order valence-electron chi connectivity index (χ2n) is 11.4. The largest absolute Gasteiger partial charge is 0.465 e. The molecule has 3 rings (SSSR count). The standard InChI is InChI=1S/C27H42N4O8S/c1-5-8-9-16(4)12-17(6-2)22(28-26(36)37)24(34)31-15-19(32)13-21(31)23(33)29-27(14-18(27)7-3)25(35)30-40(38,39)20-10-11-20/h5,7,16-22,28,32H,1,3,6,8-15H2,2,4H3,(H,29,33)(H,30,35)(H,36,37)/t16?,17-,18?,19+,21?,22+,27?/m1/s1. The minimum atomic E-state index is -3.86. The molecular formula is C27H42N4O8S. The summed E-state index contributed by atoms with van der Waals surface area (Å²) in [4.78, 5) is 53.1. The van der Waals surface area contributed by atoms with Gasteiger partial charge >= 0.3 is 6.09 Å². The number of aliphatic hydroxyl groups is 1. The Morgan fingerprint density at radius 1 is 1.20 bits per heavy atom. The van der Waals surface area contributed by atoms with Crippen LogP contribution in [0.5, 0.6) is 0 Å². The van der Waals surface area contributed by atoms with Crippen molar-refractivity contribution in [1.29, 1.82) is 0 Å². The van der Waals surface area contributed by atoms with Crippen LogP contribution >= 0.6 is 0 Å². The molecule has 0 radical (unpaired) electrons. The van der Waals surface area contributed by atoms with Gasteiger partial charge < -0.3 is 25.7 Å². The maximum atomic E-state index is 13.8. The molecule has 13 heteroatoms. The van der Waals surface area contributed by atoms with E-state index < -0.39 is 68.7 Å². The van der Waals surface area contributed by atoms with Crippen molar-refractivity contribution in [2.75, 3.05) is 6.54 Å². The van der Waals surface area contributed by atoms with Gasteiger partial charge in [-0.25, -0.2) is 13.2 Å². The normalized spacial score (nSPS) is 28.1. The van der Waals surface area contributed by atoms with Gasteiger partial charge in [0.05, 0.1) is 11.4 Å². The van der Waals surface area contributed by atoms with Crippen molar-refractivity contribution in [2.45, 2.75) is 94.2 Å². The molecule has 1 aliphatic heterocycles. The number of nitrogens with one attached hydrogen (secondary N) is 3. The average molecular weight is 583 g/mol. The van der Waals surface area contributed by atoms with Crippen LogP contribution in [-0.4, -0.2) is 82.9 Å². The van der Waals surface area contributed by atoms with Gasteiger partial charge in [0.25, 0.3) is 5.91 Å². The number of aliphatic hydroxyl groups excluding tert-OH is 1. The quantitative estimate of drug-likeness (QED) is 0.179. The minimum Gasteiger partial charge on any atom is -0.465 e. The van der Waals surface area contributed by atoms with E-state index in [1.165, 1.54) is 6.08 Å². The molecule has 12 nitrogen and oxygen atoms in total. The number of allylic oxidation sites excluding steroid dienone is 1. The summed E-state index contributed by atoms with van der Waals surface area (Å²) < 4.78 is 26.8. The van der Waals surface area contributed by atoms with Crippen molar-refractivity contribution in [3.63, 3.8) is 0 Å². The molecule has 3 fully saturated rings. The molecule has 40 heavy (non-hydrogen) atoms. The maximum Gasteiger partial charge on any atom is 0.405 e. The molecule has 7 atom stereocenters. The highest BCUT2D eigenvalue weighted by Crippen LogP contribution is 2.45. The first-order valence-electron chi connectivity index (χ1n) is 13.9. The van der Waals surface area contributed by atoms with E-state index in [2.05, 4.69) is 28.5 Å². The zero-order valence-corrected chi connectivity index (χ0v) is 24.0. The van der Waals surface area contributed by atoms with Gasteiger partial charge in [0.1, 0.15) is 17.6 Å². The number of hydrogen-bond acceptors (Lipinski definition) is 7. The molecule has 0 spiro atoms. The Morgan fingerprint density at radius 2 is 1.88 bits per heavy atom. The Balaban J connectivity index is 1.79. The van der Waals surface area contributed by atoms with Crippen LogP contribution in [0.4, 0.5) is 4.79 Å². The van der Waals surface area contributed by atoms with E-state index >= 15 is 0 Å². The molecule has 3 aliphatic rings. The maximum absolute atomic E-state index is 13.8. The molecule has 1 heterocycles. The summed E-state index contributed by atoms with van der Waals surface area (Å²) in [6, 6.07) is -2.32. The van der Waals surface area contributed by atoms with Crippen LogP contribution in [0.15, 0.2) is 25.3 Å². The second-order valence-corrected chi connectivity index (χ2v) is 13.3. The van der Waals surface area contributed by atoms with E-state index in [4.69, 9.17) is 0 Å². The Hall–Kier alpha value is -2.93. The molecule has 0 aromatic carbocycles. The topological polar surface area (TPSA) is 182 Å². The van der Waals surface area contributed by atoms with Gasteiger partial charge in [-0.3, -0.25) is 19.1 Å². The summed E-state index contributed by atoms with van der Waals surface area (Å²) >= 11 is 0. The van der Waals surface area contributed by atoms with E-state index in [9.17, 15) is 37.8 Å². The first-order chi connectivity index (χ1) is 18.8. The molecule has 1 saturated heterocycles. The zero-order chi connectivity index (χ0) is 29.8. The van der Waals surface area contributed by atoms with Crippen LogP contribution in [-0.2, 0) is 24.4 Å². The summed E-state index contributed by atoms with van der Waals surface area (Å²) in [5, 5.41) is 24.3. The predicted molar refractivity (Wildman–Crippen MR) is 147 cm³/mol. The van der Waals surface area contributed by atoms with E-state index in [1.807, 2.05) is 13.8 Å². The molecule has 224 valence electrons. The number of sulfonamides is 1. The van der Waals surface area contributed by atoms with Gasteiger partial charge in [-0.05, 0) is 50.4 Å². The zero-order valence-electron chi connectivity index (χ0n) is 23.2. The lowest BCUT2D eigenvalue weighted by atomic mass is 9.85. The van der Waals surface area contributed by atoms with Crippen molar-refractivity contribution in [1.82, 2.24) is 20.3 Å². The Kier molecular flexibility index (Phi) is 10.0. The van der Waals surface area contributed by atoms with Gasteiger partial charge in [-0.1, -0.05) is 32.4 Å². The summed E-state index contributed by atoms with van der Waals surface area (Å²) in [5.41, 5.74) is -1.53. The van der Waals surface area contributed by atoms with Crippen LogP contribution < -0.4 is 15.4 Å². The Labute approximate surface area is 235 Å². The van der Waals surface area contributed by atoms with Crippen molar-refractivity contribution in [3.8, 4) is 0 Å². The number of likely N-dealkylation sites (tertiary alicyclic amines) is 1. The summed E-state index contributed by atoms with van der Waals surface area (Å²) in [5.74, 6) is -2.90. The molecule has 4 amide bonds. The highest BCUT2D eigenvalue weighted by molar-refractivity contribution is 7.91. The molecule has 2 aliphatic carbocycles. The van der Waals surface area contributed by atoms with Crippen LogP contribution in [0.1, 0.15) is 65.2 Å². The third-order valence-electron chi connectivity index (χ3n) is 8.22. The van der Waals surface area contributed by atoms with Crippen LogP contribution in [0, 0.1) is 17.8 Å². The first-order valence-corrected chi connectivity index (χ1v) is 15.4. The third-order valence-corrected chi connectivity index (χ3v) is 10.0. The Bertz CT molecular complexity index is 1120.